The molecule has 1 atom stereocenters. The highest BCUT2D eigenvalue weighted by atomic mass is 19.1. The van der Waals surface area contributed by atoms with E-state index in [2.05, 4.69) is 0 Å². The third-order valence-electron chi connectivity index (χ3n) is 4.45. The van der Waals surface area contributed by atoms with Gasteiger partial charge in [0, 0.05) is 12.6 Å². The van der Waals surface area contributed by atoms with Gasteiger partial charge in [-0.25, -0.2) is 4.39 Å². The van der Waals surface area contributed by atoms with Gasteiger partial charge in [-0.05, 0) is 69.0 Å². The predicted octanol–water partition coefficient (Wildman–Crippen LogP) is 4.36. The van der Waals surface area contributed by atoms with Crippen LogP contribution in [0, 0.1) is 5.82 Å². The highest BCUT2D eigenvalue weighted by molar-refractivity contribution is 5.94. The van der Waals surface area contributed by atoms with E-state index in [-0.39, 0.29) is 17.8 Å². The van der Waals surface area contributed by atoms with Crippen molar-refractivity contribution in [3.8, 4) is 0 Å². The summed E-state index contributed by atoms with van der Waals surface area (Å²) in [7, 11) is 1.75. The van der Waals surface area contributed by atoms with Crippen molar-refractivity contribution < 1.29 is 14.3 Å². The molecular weight excluding hydrogens is 317 g/mol. The molecule has 0 aliphatic carbocycles. The highest BCUT2D eigenvalue weighted by Gasteiger charge is 2.19. The zero-order valence-electron chi connectivity index (χ0n) is 15.3. The molecule has 0 saturated heterocycles. The molecule has 0 spiro atoms. The van der Waals surface area contributed by atoms with Crippen molar-refractivity contribution in [2.45, 2.75) is 45.3 Å². The molecule has 0 unspecified atom stereocenters. The first-order valence-electron chi connectivity index (χ1n) is 8.51. The van der Waals surface area contributed by atoms with E-state index in [1.165, 1.54) is 12.1 Å². The molecule has 4 heteroatoms. The Morgan fingerprint density at radius 3 is 2.44 bits per heavy atom. The molecule has 2 aromatic carbocycles. The maximum atomic E-state index is 13.1. The van der Waals surface area contributed by atoms with Gasteiger partial charge < -0.3 is 10.0 Å². The number of aliphatic hydroxyl groups is 1. The first kappa shape index (κ1) is 19.1. The van der Waals surface area contributed by atoms with E-state index in [0.29, 0.717) is 18.4 Å². The lowest BCUT2D eigenvalue weighted by molar-refractivity contribution is 0.0714. The van der Waals surface area contributed by atoms with Crippen molar-refractivity contribution in [3.05, 3.63) is 71.0 Å². The normalized spacial score (nSPS) is 12.7. The summed E-state index contributed by atoms with van der Waals surface area (Å²) in [6.45, 7) is 5.48. The topological polar surface area (TPSA) is 40.5 Å². The Balaban J connectivity index is 2.12. The van der Waals surface area contributed by atoms with Crippen molar-refractivity contribution in [3.63, 3.8) is 0 Å². The number of hydrogen-bond acceptors (Lipinski definition) is 2. The zero-order valence-corrected chi connectivity index (χ0v) is 15.3. The van der Waals surface area contributed by atoms with Crippen molar-refractivity contribution in [2.24, 2.45) is 0 Å². The average Bonchev–Trinajstić information content (AvgIpc) is 2.58. The minimum atomic E-state index is -0.728. The van der Waals surface area contributed by atoms with Gasteiger partial charge in [0.05, 0.1) is 11.6 Å². The minimum Gasteiger partial charge on any atom is -0.390 e. The quantitative estimate of drug-likeness (QED) is 0.846. The summed E-state index contributed by atoms with van der Waals surface area (Å²) in [5.41, 5.74) is 1.80. The maximum absolute atomic E-state index is 13.1. The molecule has 0 aromatic heterocycles. The second-order valence-corrected chi connectivity index (χ2v) is 7.16. The smallest absolute Gasteiger partial charge is 0.254 e. The van der Waals surface area contributed by atoms with Crippen molar-refractivity contribution in [1.29, 1.82) is 0 Å². The summed E-state index contributed by atoms with van der Waals surface area (Å²) in [5, 5.41) is 9.86. The fourth-order valence-corrected chi connectivity index (χ4v) is 2.65. The fraction of sp³-hybridized carbons (Fsp3) is 0.381. The van der Waals surface area contributed by atoms with Crippen LogP contribution in [0.15, 0.2) is 48.5 Å². The minimum absolute atomic E-state index is 0.0815. The molecule has 0 saturated carbocycles. The third kappa shape index (κ3) is 5.40. The first-order chi connectivity index (χ1) is 11.7. The summed E-state index contributed by atoms with van der Waals surface area (Å²) in [6.07, 6.45) is 1.34. The van der Waals surface area contributed by atoms with Gasteiger partial charge in [0.25, 0.3) is 5.91 Å². The van der Waals surface area contributed by atoms with Crippen molar-refractivity contribution in [2.75, 3.05) is 7.05 Å². The van der Waals surface area contributed by atoms with Gasteiger partial charge in [-0.15, -0.1) is 0 Å². The number of carbonyl (C=O) groups is 1. The average molecular weight is 343 g/mol. The molecular formula is C21H26FNO2. The summed E-state index contributed by atoms with van der Waals surface area (Å²) in [4.78, 5) is 14.4. The molecule has 0 fully saturated rings. The van der Waals surface area contributed by atoms with Gasteiger partial charge in [0.2, 0.25) is 0 Å². The standard InChI is InChI=1S/C21H26FNO2/c1-15(17-8-10-19(22)11-9-17)23(4)20(24)18-7-5-6-16(14-18)12-13-21(2,3)25/h5-11,14-15,25H,12-13H2,1-4H3/t15-/m1/s1. The van der Waals surface area contributed by atoms with E-state index >= 15 is 0 Å². The molecule has 3 nitrogen and oxygen atoms in total. The lowest BCUT2D eigenvalue weighted by atomic mass is 9.97. The molecule has 0 bridgehead atoms. The van der Waals surface area contributed by atoms with Gasteiger partial charge in [-0.1, -0.05) is 24.3 Å². The van der Waals surface area contributed by atoms with Gasteiger partial charge in [-0.3, -0.25) is 4.79 Å². The second kappa shape index (κ2) is 7.79. The van der Waals surface area contributed by atoms with Crippen LogP contribution in [0.2, 0.25) is 0 Å². The van der Waals surface area contributed by atoms with Crippen LogP contribution in [0.1, 0.15) is 54.7 Å². The van der Waals surface area contributed by atoms with Gasteiger partial charge in [0.1, 0.15) is 5.82 Å². The third-order valence-corrected chi connectivity index (χ3v) is 4.45. The SMILES string of the molecule is C[C@H](c1ccc(F)cc1)N(C)C(=O)c1cccc(CCC(C)(C)O)c1. The van der Waals surface area contributed by atoms with Crippen LogP contribution < -0.4 is 0 Å². The molecule has 0 aliphatic rings. The number of amides is 1. The van der Waals surface area contributed by atoms with E-state index in [1.54, 1.807) is 44.0 Å². The molecule has 2 rings (SSSR count). The molecule has 0 aliphatic heterocycles. The van der Waals surface area contributed by atoms with Gasteiger partial charge >= 0.3 is 0 Å². The number of rotatable bonds is 6. The Morgan fingerprint density at radius 2 is 1.84 bits per heavy atom. The first-order valence-corrected chi connectivity index (χ1v) is 8.51. The van der Waals surface area contributed by atoms with Gasteiger partial charge in [-0.2, -0.15) is 0 Å². The number of halogens is 1. The van der Waals surface area contributed by atoms with E-state index in [4.69, 9.17) is 0 Å². The second-order valence-electron chi connectivity index (χ2n) is 7.16. The van der Waals surface area contributed by atoms with E-state index in [0.717, 1.165) is 11.1 Å². The number of benzene rings is 2. The van der Waals surface area contributed by atoms with Crippen LogP contribution in [0.25, 0.3) is 0 Å². The Morgan fingerprint density at radius 1 is 1.20 bits per heavy atom. The van der Waals surface area contributed by atoms with Crippen LogP contribution >= 0.6 is 0 Å². The fourth-order valence-electron chi connectivity index (χ4n) is 2.65. The van der Waals surface area contributed by atoms with E-state index < -0.39 is 5.60 Å². The predicted molar refractivity (Wildman–Crippen MR) is 98.0 cm³/mol. The Hall–Kier alpha value is -2.20. The number of nitrogens with zero attached hydrogens (tertiary/aromatic N) is 1. The Kier molecular flexibility index (Phi) is 5.96. The Labute approximate surface area is 149 Å². The number of aryl methyl sites for hydroxylation is 1. The highest BCUT2D eigenvalue weighted by Crippen LogP contribution is 2.22. The van der Waals surface area contributed by atoms with E-state index in [1.807, 2.05) is 25.1 Å². The molecule has 1 amide bonds. The van der Waals surface area contributed by atoms with E-state index in [9.17, 15) is 14.3 Å². The van der Waals surface area contributed by atoms with Gasteiger partial charge in [0.15, 0.2) is 0 Å². The maximum Gasteiger partial charge on any atom is 0.254 e. The van der Waals surface area contributed by atoms with Crippen LogP contribution in [-0.2, 0) is 6.42 Å². The van der Waals surface area contributed by atoms with Crippen LogP contribution in [0.5, 0.6) is 0 Å². The zero-order chi connectivity index (χ0) is 18.6. The molecule has 0 heterocycles. The van der Waals surface area contributed by atoms with Crippen LogP contribution in [0.4, 0.5) is 4.39 Å². The molecule has 2 aromatic rings. The molecule has 134 valence electrons. The van der Waals surface area contributed by atoms with Crippen molar-refractivity contribution >= 4 is 5.91 Å². The monoisotopic (exact) mass is 343 g/mol. The Bertz CT molecular complexity index is 719. The lowest BCUT2D eigenvalue weighted by Gasteiger charge is -2.25. The number of hydrogen-bond donors (Lipinski definition) is 1. The summed E-state index contributed by atoms with van der Waals surface area (Å²) >= 11 is 0. The summed E-state index contributed by atoms with van der Waals surface area (Å²) in [5.74, 6) is -0.369. The summed E-state index contributed by atoms with van der Waals surface area (Å²) < 4.78 is 13.1. The molecule has 25 heavy (non-hydrogen) atoms. The van der Waals surface area contributed by atoms with Crippen molar-refractivity contribution in [1.82, 2.24) is 4.90 Å². The summed E-state index contributed by atoms with van der Waals surface area (Å²) in [6, 6.07) is 13.5. The number of carbonyl (C=O) groups excluding carboxylic acids is 1. The lowest BCUT2D eigenvalue weighted by Crippen LogP contribution is -2.29. The van der Waals surface area contributed by atoms with Crippen LogP contribution in [-0.4, -0.2) is 28.6 Å². The largest absolute Gasteiger partial charge is 0.390 e. The molecule has 1 N–H and O–H groups in total. The van der Waals surface area contributed by atoms with Crippen LogP contribution in [0.3, 0.4) is 0 Å². The molecule has 0 radical (unpaired) electrons.